The van der Waals surface area contributed by atoms with E-state index in [4.69, 9.17) is 4.99 Å². The summed E-state index contributed by atoms with van der Waals surface area (Å²) in [7, 11) is 0. The minimum absolute atomic E-state index is 0.956. The van der Waals surface area contributed by atoms with E-state index in [1.54, 1.807) is 0 Å². The van der Waals surface area contributed by atoms with Crippen LogP contribution >= 0.6 is 0 Å². The van der Waals surface area contributed by atoms with Crippen molar-refractivity contribution in [3.05, 3.63) is 58.7 Å². The maximum Gasteiger partial charge on any atom is 0.0638 e. The molecule has 0 fully saturated rings. The van der Waals surface area contributed by atoms with Gasteiger partial charge in [-0.05, 0) is 87.1 Å². The first-order valence-corrected chi connectivity index (χ1v) is 8.74. The van der Waals surface area contributed by atoms with Crippen LogP contribution in [-0.4, -0.2) is 11.9 Å². The van der Waals surface area contributed by atoms with E-state index < -0.39 is 0 Å². The summed E-state index contributed by atoms with van der Waals surface area (Å²) in [4.78, 5) is 9.51. The van der Waals surface area contributed by atoms with Gasteiger partial charge in [0.05, 0.1) is 17.1 Å². The second-order valence-electron chi connectivity index (χ2n) is 6.66. The van der Waals surface area contributed by atoms with E-state index in [0.717, 1.165) is 36.3 Å². The van der Waals surface area contributed by atoms with Crippen LogP contribution in [-0.2, 0) is 0 Å². The maximum atomic E-state index is 4.85. The van der Waals surface area contributed by atoms with Crippen molar-refractivity contribution >= 4 is 23.3 Å². The fourth-order valence-electron chi connectivity index (χ4n) is 2.86. The van der Waals surface area contributed by atoms with Crippen molar-refractivity contribution in [3.8, 4) is 0 Å². The molecule has 0 spiro atoms. The third-order valence-electron chi connectivity index (χ3n) is 3.83. The lowest BCUT2D eigenvalue weighted by molar-refractivity contribution is 0.839. The van der Waals surface area contributed by atoms with Gasteiger partial charge in [-0.25, -0.2) is 0 Å². The van der Waals surface area contributed by atoms with Crippen molar-refractivity contribution < 1.29 is 0 Å². The molecule has 0 atom stereocenters. The van der Waals surface area contributed by atoms with E-state index in [0.29, 0.717) is 0 Å². The molecule has 0 aliphatic carbocycles. The fourth-order valence-corrected chi connectivity index (χ4v) is 2.86. The average Bonchev–Trinajstić information content (AvgIpc) is 2.48. The van der Waals surface area contributed by atoms with Gasteiger partial charge < -0.3 is 0 Å². The molecule has 2 aromatic rings. The van der Waals surface area contributed by atoms with Crippen LogP contribution in [0.5, 0.6) is 0 Å². The van der Waals surface area contributed by atoms with Gasteiger partial charge in [-0.3, -0.25) is 9.98 Å². The zero-order valence-corrected chi connectivity index (χ0v) is 15.6. The number of nitrogens with zero attached hydrogens (tertiary/aromatic N) is 2. The number of benzene rings is 2. The molecule has 24 heavy (non-hydrogen) atoms. The first-order chi connectivity index (χ1) is 11.5. The lowest BCUT2D eigenvalue weighted by atomic mass is 10.1. The van der Waals surface area contributed by atoms with Crippen LogP contribution in [0.15, 0.2) is 46.4 Å². The molecule has 2 aromatic carbocycles. The van der Waals surface area contributed by atoms with Crippen molar-refractivity contribution in [2.75, 3.05) is 0 Å². The Hall–Kier alpha value is -2.22. The zero-order valence-electron chi connectivity index (χ0n) is 15.6. The molecular weight excluding hydrogens is 292 g/mol. The Labute approximate surface area is 146 Å². The number of rotatable bonds is 6. The van der Waals surface area contributed by atoms with Crippen LogP contribution in [0.1, 0.15) is 48.4 Å². The quantitative estimate of drug-likeness (QED) is 0.537. The molecule has 0 aliphatic rings. The smallest absolute Gasteiger partial charge is 0.0638 e. The van der Waals surface area contributed by atoms with Gasteiger partial charge in [-0.15, -0.1) is 0 Å². The normalized spacial score (nSPS) is 12.1. The molecule has 0 saturated carbocycles. The van der Waals surface area contributed by atoms with Crippen molar-refractivity contribution in [1.82, 2.24) is 0 Å². The van der Waals surface area contributed by atoms with Crippen molar-refractivity contribution in [1.29, 1.82) is 0 Å². The van der Waals surface area contributed by atoms with E-state index in [9.17, 15) is 0 Å². The Morgan fingerprint density at radius 2 is 1.29 bits per heavy atom. The van der Waals surface area contributed by atoms with E-state index >= 15 is 0 Å². The molecule has 0 aromatic heterocycles. The summed E-state index contributed by atoms with van der Waals surface area (Å²) in [5.74, 6) is 0. The van der Waals surface area contributed by atoms with Gasteiger partial charge in [0.1, 0.15) is 0 Å². The molecule has 0 radical (unpaired) electrons. The lowest BCUT2D eigenvalue weighted by Crippen LogP contribution is -1.99. The molecule has 2 heteroatoms. The average molecular weight is 320 g/mol. The van der Waals surface area contributed by atoms with Gasteiger partial charge in [0.2, 0.25) is 0 Å². The summed E-state index contributed by atoms with van der Waals surface area (Å²) >= 11 is 0. The van der Waals surface area contributed by atoms with Gasteiger partial charge in [0.15, 0.2) is 0 Å². The summed E-state index contributed by atoms with van der Waals surface area (Å²) < 4.78 is 0. The molecule has 0 unspecified atom stereocenters. The third kappa shape index (κ3) is 5.77. The first kappa shape index (κ1) is 18.1. The van der Waals surface area contributed by atoms with Crippen molar-refractivity contribution in [2.24, 2.45) is 9.98 Å². The van der Waals surface area contributed by atoms with Gasteiger partial charge in [0.25, 0.3) is 0 Å². The predicted molar refractivity (Wildman–Crippen MR) is 107 cm³/mol. The summed E-state index contributed by atoms with van der Waals surface area (Å²) in [5.41, 5.74) is 8.03. The SMILES string of the molecule is CCCCC(C=Nc1cc(C)cc(C)c1)=Nc1cc(C)cc(C)c1. The van der Waals surface area contributed by atoms with Crippen LogP contribution in [0.25, 0.3) is 0 Å². The molecule has 0 heterocycles. The number of aryl methyl sites for hydroxylation is 4. The molecule has 2 rings (SSSR count). The molecule has 2 nitrogen and oxygen atoms in total. The number of unbranched alkanes of at least 4 members (excludes halogenated alkanes) is 1. The van der Waals surface area contributed by atoms with Gasteiger partial charge in [0, 0.05) is 6.21 Å². The molecule has 0 amide bonds. The van der Waals surface area contributed by atoms with Crippen molar-refractivity contribution in [2.45, 2.75) is 53.9 Å². The lowest BCUT2D eigenvalue weighted by Gasteiger charge is -2.04. The minimum atomic E-state index is 0.956. The van der Waals surface area contributed by atoms with E-state index in [-0.39, 0.29) is 0 Å². The monoisotopic (exact) mass is 320 g/mol. The van der Waals surface area contributed by atoms with Crippen molar-refractivity contribution in [3.63, 3.8) is 0 Å². The van der Waals surface area contributed by atoms with Gasteiger partial charge >= 0.3 is 0 Å². The van der Waals surface area contributed by atoms with E-state index in [1.165, 1.54) is 22.3 Å². The van der Waals surface area contributed by atoms with Gasteiger partial charge in [-0.2, -0.15) is 0 Å². The number of hydrogen-bond acceptors (Lipinski definition) is 2. The number of hydrogen-bond donors (Lipinski definition) is 0. The highest BCUT2D eigenvalue weighted by Crippen LogP contribution is 2.19. The van der Waals surface area contributed by atoms with Crippen LogP contribution in [0.2, 0.25) is 0 Å². The number of aliphatic imine (C=N–C) groups is 2. The van der Waals surface area contributed by atoms with Gasteiger partial charge in [-0.1, -0.05) is 25.5 Å². The maximum absolute atomic E-state index is 4.85. The molecule has 0 aliphatic heterocycles. The second kappa shape index (κ2) is 8.58. The third-order valence-corrected chi connectivity index (χ3v) is 3.83. The zero-order chi connectivity index (χ0) is 17.5. The Bertz CT molecular complexity index is 714. The molecule has 0 saturated heterocycles. The molecule has 126 valence electrons. The predicted octanol–water partition coefficient (Wildman–Crippen LogP) is 6.59. The van der Waals surface area contributed by atoms with Crippen LogP contribution in [0.4, 0.5) is 11.4 Å². The van der Waals surface area contributed by atoms with Crippen LogP contribution < -0.4 is 0 Å². The summed E-state index contributed by atoms with van der Waals surface area (Å²) in [5, 5.41) is 0. The van der Waals surface area contributed by atoms with E-state index in [1.807, 2.05) is 6.21 Å². The largest absolute Gasteiger partial charge is 0.255 e. The minimum Gasteiger partial charge on any atom is -0.255 e. The topological polar surface area (TPSA) is 24.7 Å². The molecule has 0 N–H and O–H groups in total. The molecule has 0 bridgehead atoms. The Morgan fingerprint density at radius 3 is 1.79 bits per heavy atom. The highest BCUT2D eigenvalue weighted by Gasteiger charge is 2.00. The summed E-state index contributed by atoms with van der Waals surface area (Å²) in [6, 6.07) is 12.8. The first-order valence-electron chi connectivity index (χ1n) is 8.74. The second-order valence-corrected chi connectivity index (χ2v) is 6.66. The fraction of sp³-hybridized carbons (Fsp3) is 0.364. The Balaban J connectivity index is 2.30. The van der Waals surface area contributed by atoms with Crippen LogP contribution in [0, 0.1) is 27.7 Å². The summed E-state index contributed by atoms with van der Waals surface area (Å²) in [6.07, 6.45) is 5.17. The van der Waals surface area contributed by atoms with E-state index in [2.05, 4.69) is 76.0 Å². The molecular formula is C22H28N2. The highest BCUT2D eigenvalue weighted by atomic mass is 14.8. The summed E-state index contributed by atoms with van der Waals surface area (Å²) in [6.45, 7) is 10.6. The van der Waals surface area contributed by atoms with Crippen LogP contribution in [0.3, 0.4) is 0 Å². The standard InChI is InChI=1S/C22H28N2/c1-6-7-8-20(24-22-13-18(4)10-19(5)14-22)15-23-21-11-16(2)9-17(3)12-21/h9-15H,6-8H2,1-5H3. The highest BCUT2D eigenvalue weighted by molar-refractivity contribution is 6.31. The Morgan fingerprint density at radius 1 is 0.792 bits per heavy atom. The Kier molecular flexibility index (Phi) is 6.48.